The third-order valence-corrected chi connectivity index (χ3v) is 29.8. The van der Waals surface area contributed by atoms with Crippen molar-refractivity contribution in [2.45, 2.75) is 84.8 Å². The summed E-state index contributed by atoms with van der Waals surface area (Å²) in [6.07, 6.45) is 5.04. The van der Waals surface area contributed by atoms with E-state index in [0.717, 1.165) is 118 Å². The Morgan fingerprint density at radius 3 is 0.789 bits per heavy atom. The molecule has 2 aliphatic rings. The SMILES string of the molecule is CCCc1ccc(N(c2ccc(-c3cccs3)cc2)c2ccc3c(c2)S(=O)(=O)c2cc(N(c4ccc(CCC(=O)OC)cc4)c4ccc(-c5cccs5)cc4)ccc2-3)cc1.COCCOC(=O)CCc1ccc(N(c2ccc(-c3cccs3)cc2)c2ccc3c(c2)S(=O)(=O)c2cc(N(c4ccc(CCC(C)=O)cc4)c4ccc(-c5cccs5)cc4)ccc2-3)cc1.O=C=O. The topological polar surface area (TPSA) is 194 Å². The number of ketones is 1. The highest BCUT2D eigenvalue weighted by Crippen LogP contribution is 2.52. The molecular weight excluding hydrogens is 1710 g/mol. The minimum Gasteiger partial charge on any atom is -0.469 e. The lowest BCUT2D eigenvalue weighted by molar-refractivity contribution is -0.191. The average molecular weight is 1800 g/mol. The first-order chi connectivity index (χ1) is 62.4. The number of thiophene rings is 4. The number of carbonyl (C=O) groups excluding carboxylic acids is 5. The molecule has 0 saturated heterocycles. The Hall–Kier alpha value is -13.5. The summed E-state index contributed by atoms with van der Waals surface area (Å²) in [6, 6.07) is 105. The number of fused-ring (bicyclic) bond motifs is 6. The van der Waals surface area contributed by atoms with Gasteiger partial charge in [0, 0.05) is 136 Å². The highest BCUT2D eigenvalue weighted by atomic mass is 32.2. The molecule has 2 aliphatic heterocycles. The van der Waals surface area contributed by atoms with Crippen LogP contribution in [0, 0.1) is 0 Å². The fraction of sp³-hybridized carbons (Fsp3) is 0.132. The number of sulfone groups is 2. The van der Waals surface area contributed by atoms with Crippen molar-refractivity contribution in [3.63, 3.8) is 0 Å². The van der Waals surface area contributed by atoms with E-state index >= 15 is 0 Å². The number of benzene rings is 12. The van der Waals surface area contributed by atoms with Crippen molar-refractivity contribution < 1.29 is 55.0 Å². The lowest BCUT2D eigenvalue weighted by atomic mass is 10.0. The van der Waals surface area contributed by atoms with Gasteiger partial charge in [-0.2, -0.15) is 9.59 Å². The summed E-state index contributed by atoms with van der Waals surface area (Å²) in [5.74, 6) is -0.388. The van der Waals surface area contributed by atoms with Crippen molar-refractivity contribution in [1.82, 2.24) is 0 Å². The Morgan fingerprint density at radius 2 is 0.555 bits per heavy atom. The Kier molecular flexibility index (Phi) is 27.5. The summed E-state index contributed by atoms with van der Waals surface area (Å²) in [4.78, 5) is 66.2. The number of rotatable bonds is 30. The average Bonchev–Trinajstić information content (AvgIpc) is 1.57. The molecule has 0 radical (unpaired) electrons. The van der Waals surface area contributed by atoms with Gasteiger partial charge in [0.1, 0.15) is 12.4 Å². The van der Waals surface area contributed by atoms with E-state index in [-0.39, 0.29) is 56.5 Å². The first-order valence-corrected chi connectivity index (χ1v) is 48.3. The second-order valence-electron chi connectivity index (χ2n) is 30.7. The molecule has 6 heterocycles. The highest BCUT2D eigenvalue weighted by molar-refractivity contribution is 7.92. The maximum Gasteiger partial charge on any atom is 0.373 e. The number of anilines is 12. The first-order valence-electron chi connectivity index (χ1n) is 41.8. The van der Waals surface area contributed by atoms with Crippen molar-refractivity contribution in [1.29, 1.82) is 0 Å². The minimum atomic E-state index is -3.97. The monoisotopic (exact) mass is 1800 g/mol. The summed E-state index contributed by atoms with van der Waals surface area (Å²) in [5, 5.41) is 8.26. The molecule has 0 unspecified atom stereocenters. The number of hydrogen-bond donors (Lipinski definition) is 0. The van der Waals surface area contributed by atoms with Crippen LogP contribution in [0.1, 0.15) is 61.8 Å². The van der Waals surface area contributed by atoms with Crippen LogP contribution in [0.3, 0.4) is 0 Å². The number of Topliss-reactive ketones (excluding diaryl/α,β-unsaturated/α-hetero) is 1. The Morgan fingerprint density at radius 1 is 0.312 bits per heavy atom. The van der Waals surface area contributed by atoms with Crippen LogP contribution in [-0.2, 0) is 83.5 Å². The molecule has 0 saturated carbocycles. The first kappa shape index (κ1) is 87.9. The molecule has 18 rings (SSSR count). The molecule has 0 amide bonds. The second kappa shape index (κ2) is 40.0. The lowest BCUT2D eigenvalue weighted by Crippen LogP contribution is -2.12. The van der Waals surface area contributed by atoms with Gasteiger partial charge in [0.2, 0.25) is 19.7 Å². The molecule has 0 fully saturated rings. The maximum absolute atomic E-state index is 14.8. The molecule has 0 N–H and O–H groups in total. The van der Waals surface area contributed by atoms with Crippen LogP contribution in [0.25, 0.3) is 64.0 Å². The van der Waals surface area contributed by atoms with Gasteiger partial charge < -0.3 is 38.6 Å². The molecule has 16 nitrogen and oxygen atoms in total. The number of esters is 2. The van der Waals surface area contributed by atoms with E-state index in [1.807, 2.05) is 146 Å². The van der Waals surface area contributed by atoms with Crippen LogP contribution in [0.2, 0.25) is 0 Å². The van der Waals surface area contributed by atoms with Crippen molar-refractivity contribution >= 4 is 157 Å². The van der Waals surface area contributed by atoms with E-state index in [9.17, 15) is 31.2 Å². The fourth-order valence-electron chi connectivity index (χ4n) is 16.0. The summed E-state index contributed by atoms with van der Waals surface area (Å²) in [7, 11) is -4.91. The summed E-state index contributed by atoms with van der Waals surface area (Å²) < 4.78 is 74.3. The van der Waals surface area contributed by atoms with E-state index in [4.69, 9.17) is 23.8 Å². The Balaban J connectivity index is 0.000000183. The predicted molar refractivity (Wildman–Crippen MR) is 516 cm³/mol. The van der Waals surface area contributed by atoms with Crippen molar-refractivity contribution in [2.75, 3.05) is 47.0 Å². The molecule has 0 bridgehead atoms. The van der Waals surface area contributed by atoms with Gasteiger partial charge in [-0.3, -0.25) is 9.59 Å². The van der Waals surface area contributed by atoms with E-state index < -0.39 is 19.7 Å². The Labute approximate surface area is 761 Å². The maximum atomic E-state index is 14.8. The third kappa shape index (κ3) is 19.5. The van der Waals surface area contributed by atoms with Crippen molar-refractivity contribution in [2.24, 2.45) is 0 Å². The standard InChI is InChI=1S/C54H46N2O6S3.C51H42N2O4S3.CO2/c1-37(57)7-8-38-9-18-42(19-10-38)55(44-22-14-40(15-23-44)50-5-3-33-63-50)46-26-28-48-49-29-27-47(36-53(49)65(59,60)52(48)35-46)56(45-24-16-41(17-25-45)51-6-4-34-64-51)43-20-11-39(12-21-43)13-30-54(58)62-32-31-61-2;1-3-6-35-9-18-39(19-10-35)52(41-22-14-37(15-23-41)47-7-4-31-58-47)43-26-28-45-46-29-27-44(34-50(46)60(55,56)49(45)33-43)53(40-20-11-36(12-21-40)13-30-51(54)57-2)42-24-16-38(17-25-42)48-8-5-32-59-48;2-1-3/h3-6,9-12,14-29,33-36H,7-8,13,30-32H2,1-2H3;4-5,7-12,14-29,31-34H,3,6,13,30H2,1-2H3;. The molecule has 0 spiro atoms. The lowest BCUT2D eigenvalue weighted by Gasteiger charge is -2.26. The molecule has 22 heteroatoms. The molecular formula is C106H88N4O12S6. The van der Waals surface area contributed by atoms with Crippen LogP contribution in [0.4, 0.5) is 68.2 Å². The van der Waals surface area contributed by atoms with Crippen LogP contribution in [0.5, 0.6) is 0 Å². The molecule has 16 aromatic rings. The number of nitrogens with zero attached hydrogens (tertiary/aromatic N) is 4. The largest absolute Gasteiger partial charge is 0.469 e. The van der Waals surface area contributed by atoms with Gasteiger partial charge in [-0.25, -0.2) is 16.8 Å². The van der Waals surface area contributed by atoms with Crippen LogP contribution >= 0.6 is 45.3 Å². The molecule has 128 heavy (non-hydrogen) atoms. The molecule has 4 aromatic heterocycles. The van der Waals surface area contributed by atoms with E-state index in [1.54, 1.807) is 77.6 Å². The summed E-state index contributed by atoms with van der Waals surface area (Å²) >= 11 is 6.74. The van der Waals surface area contributed by atoms with Gasteiger partial charge in [0.25, 0.3) is 0 Å². The zero-order valence-corrected chi connectivity index (χ0v) is 75.4. The van der Waals surface area contributed by atoms with E-state index in [0.29, 0.717) is 72.3 Å². The number of carbonyl (C=O) groups is 3. The van der Waals surface area contributed by atoms with Crippen LogP contribution in [-0.4, -0.2) is 68.1 Å². The second-order valence-corrected chi connectivity index (χ2v) is 38.2. The van der Waals surface area contributed by atoms with Gasteiger partial charge in [-0.05, 0) is 268 Å². The quantitative estimate of drug-likeness (QED) is 0.0304. The summed E-state index contributed by atoms with van der Waals surface area (Å²) in [6.45, 7) is 4.36. The van der Waals surface area contributed by atoms with Crippen molar-refractivity contribution in [3.05, 3.63) is 359 Å². The zero-order valence-electron chi connectivity index (χ0n) is 70.5. The third-order valence-electron chi connectivity index (χ3n) is 22.5. The normalized spacial score (nSPS) is 12.2. The van der Waals surface area contributed by atoms with E-state index in [1.165, 1.54) is 22.4 Å². The van der Waals surface area contributed by atoms with E-state index in [2.05, 4.69) is 200 Å². The van der Waals surface area contributed by atoms with Crippen LogP contribution in [0.15, 0.2) is 357 Å². The minimum absolute atomic E-state index is 0.144. The number of aryl methyl sites for hydroxylation is 4. The zero-order chi connectivity index (χ0) is 88.8. The number of methoxy groups -OCH3 is 2. The smallest absolute Gasteiger partial charge is 0.373 e. The number of ether oxygens (including phenoxy) is 3. The van der Waals surface area contributed by atoms with Crippen LogP contribution < -0.4 is 19.6 Å². The van der Waals surface area contributed by atoms with Crippen molar-refractivity contribution in [3.8, 4) is 64.0 Å². The fourth-order valence-corrected chi connectivity index (χ4v) is 22.4. The summed E-state index contributed by atoms with van der Waals surface area (Å²) in [5.41, 5.74) is 21.4. The molecule has 12 aromatic carbocycles. The van der Waals surface area contributed by atoms with Gasteiger partial charge >= 0.3 is 18.1 Å². The van der Waals surface area contributed by atoms with Gasteiger partial charge in [0.15, 0.2) is 0 Å². The van der Waals surface area contributed by atoms with Gasteiger partial charge in [-0.1, -0.05) is 159 Å². The van der Waals surface area contributed by atoms with Gasteiger partial charge in [0.05, 0.1) is 33.3 Å². The Bertz CT molecular complexity index is 6850. The molecule has 0 aliphatic carbocycles. The predicted octanol–water partition coefficient (Wildman–Crippen LogP) is 26.9. The van der Waals surface area contributed by atoms with Gasteiger partial charge in [-0.15, -0.1) is 45.3 Å². The highest BCUT2D eigenvalue weighted by Gasteiger charge is 2.37. The number of hydrogen-bond acceptors (Lipinski definition) is 20. The molecule has 0 atom stereocenters. The molecule has 640 valence electrons.